The van der Waals surface area contributed by atoms with Gasteiger partial charge >= 0.3 is 0 Å². The van der Waals surface area contributed by atoms with Crippen LogP contribution in [0.4, 0.5) is 0 Å². The van der Waals surface area contributed by atoms with Gasteiger partial charge in [0.2, 0.25) is 5.91 Å². The van der Waals surface area contributed by atoms with Gasteiger partial charge in [-0.2, -0.15) is 0 Å². The smallest absolute Gasteiger partial charge is 0.225 e. The molecule has 0 unspecified atom stereocenters. The molecule has 3 heterocycles. The van der Waals surface area contributed by atoms with Gasteiger partial charge < -0.3 is 10.1 Å². The highest BCUT2D eigenvalue weighted by Gasteiger charge is 2.44. The quantitative estimate of drug-likeness (QED) is 0.910. The SMILES string of the molecule is O=C(NC1CC1)[C@H]1CN(Cc2nccs2)C[C@H]2OCC[C@@H]12. The summed E-state index contributed by atoms with van der Waals surface area (Å²) in [6.07, 6.45) is 5.38. The van der Waals surface area contributed by atoms with Gasteiger partial charge in [0.1, 0.15) is 5.01 Å². The summed E-state index contributed by atoms with van der Waals surface area (Å²) in [7, 11) is 0. The molecular weight excluding hydrogens is 286 g/mol. The number of nitrogens with zero attached hydrogens (tertiary/aromatic N) is 2. The van der Waals surface area contributed by atoms with Crippen LogP contribution in [0.1, 0.15) is 24.3 Å². The van der Waals surface area contributed by atoms with E-state index in [1.807, 2.05) is 11.6 Å². The van der Waals surface area contributed by atoms with Crippen molar-refractivity contribution >= 4 is 17.2 Å². The van der Waals surface area contributed by atoms with Gasteiger partial charge in [-0.05, 0) is 19.3 Å². The van der Waals surface area contributed by atoms with Crippen LogP contribution >= 0.6 is 11.3 Å². The molecule has 2 saturated heterocycles. The first-order valence-electron chi connectivity index (χ1n) is 7.82. The standard InChI is InChI=1S/C15H21N3O2S/c19-15(17-10-1-2-10)12-7-18(9-14-16-4-6-21-14)8-13-11(12)3-5-20-13/h4,6,10-13H,1-3,5,7-9H2,(H,17,19)/t11-,12-,13+/m0/s1. The lowest BCUT2D eigenvalue weighted by Crippen LogP contribution is -2.52. The number of rotatable bonds is 4. The molecule has 21 heavy (non-hydrogen) atoms. The Morgan fingerprint density at radius 2 is 2.33 bits per heavy atom. The fourth-order valence-electron chi connectivity index (χ4n) is 3.52. The number of aromatic nitrogens is 1. The molecule has 0 radical (unpaired) electrons. The summed E-state index contributed by atoms with van der Waals surface area (Å²) < 4.78 is 5.87. The maximum absolute atomic E-state index is 12.5. The van der Waals surface area contributed by atoms with Crippen LogP contribution in [0.15, 0.2) is 11.6 Å². The normalized spacial score (nSPS) is 32.9. The number of likely N-dealkylation sites (tertiary alicyclic amines) is 1. The molecule has 1 saturated carbocycles. The number of carbonyl (C=O) groups excluding carboxylic acids is 1. The van der Waals surface area contributed by atoms with E-state index >= 15 is 0 Å². The maximum Gasteiger partial charge on any atom is 0.225 e. The van der Waals surface area contributed by atoms with E-state index in [-0.39, 0.29) is 17.9 Å². The van der Waals surface area contributed by atoms with Crippen molar-refractivity contribution in [3.8, 4) is 0 Å². The van der Waals surface area contributed by atoms with Crippen molar-refractivity contribution in [3.05, 3.63) is 16.6 Å². The molecule has 3 fully saturated rings. The number of piperidine rings is 1. The number of carbonyl (C=O) groups is 1. The molecule has 4 rings (SSSR count). The summed E-state index contributed by atoms with van der Waals surface area (Å²) in [5.41, 5.74) is 0. The Kier molecular flexibility index (Phi) is 3.69. The Bertz CT molecular complexity index is 503. The summed E-state index contributed by atoms with van der Waals surface area (Å²) in [6, 6.07) is 0.438. The second-order valence-corrected chi connectivity index (χ2v) is 7.35. The summed E-state index contributed by atoms with van der Waals surface area (Å²) in [5.74, 6) is 0.713. The van der Waals surface area contributed by atoms with E-state index < -0.39 is 0 Å². The molecule has 1 aromatic heterocycles. The van der Waals surface area contributed by atoms with Gasteiger partial charge in [0, 0.05) is 43.2 Å². The van der Waals surface area contributed by atoms with Crippen LogP contribution in [0.3, 0.4) is 0 Å². The van der Waals surface area contributed by atoms with Crippen molar-refractivity contribution in [1.29, 1.82) is 0 Å². The minimum atomic E-state index is 0.0758. The third-order valence-corrected chi connectivity index (χ3v) is 5.54. The van der Waals surface area contributed by atoms with E-state index in [1.165, 1.54) is 0 Å². The van der Waals surface area contributed by atoms with Gasteiger partial charge in [-0.3, -0.25) is 9.69 Å². The van der Waals surface area contributed by atoms with E-state index in [4.69, 9.17) is 4.74 Å². The van der Waals surface area contributed by atoms with Crippen LogP contribution in [0.25, 0.3) is 0 Å². The molecule has 5 nitrogen and oxygen atoms in total. The number of fused-ring (bicyclic) bond motifs is 1. The van der Waals surface area contributed by atoms with Crippen molar-refractivity contribution in [2.45, 2.75) is 38.0 Å². The lowest BCUT2D eigenvalue weighted by Gasteiger charge is -2.39. The molecule has 0 bridgehead atoms. The van der Waals surface area contributed by atoms with Crippen LogP contribution in [0.5, 0.6) is 0 Å². The summed E-state index contributed by atoms with van der Waals surface area (Å²) in [6.45, 7) is 3.39. The van der Waals surface area contributed by atoms with E-state index in [9.17, 15) is 4.79 Å². The Labute approximate surface area is 128 Å². The highest BCUT2D eigenvalue weighted by atomic mass is 32.1. The summed E-state index contributed by atoms with van der Waals surface area (Å²) >= 11 is 1.68. The number of hydrogen-bond donors (Lipinski definition) is 1. The second kappa shape index (κ2) is 5.66. The van der Waals surface area contributed by atoms with Crippen LogP contribution < -0.4 is 5.32 Å². The van der Waals surface area contributed by atoms with Crippen LogP contribution in [0, 0.1) is 11.8 Å². The minimum Gasteiger partial charge on any atom is -0.377 e. The zero-order valence-electron chi connectivity index (χ0n) is 12.0. The van der Waals surface area contributed by atoms with Crippen LogP contribution in [0.2, 0.25) is 0 Å². The Hall–Kier alpha value is -0.980. The largest absolute Gasteiger partial charge is 0.377 e. The fourth-order valence-corrected chi connectivity index (χ4v) is 4.18. The first-order chi connectivity index (χ1) is 10.3. The molecule has 2 aliphatic heterocycles. The molecule has 3 aliphatic rings. The topological polar surface area (TPSA) is 54.5 Å². The molecule has 114 valence electrons. The van der Waals surface area contributed by atoms with Gasteiger partial charge in [0.25, 0.3) is 0 Å². The second-order valence-electron chi connectivity index (χ2n) is 6.37. The molecule has 3 atom stereocenters. The van der Waals surface area contributed by atoms with E-state index in [2.05, 4.69) is 15.2 Å². The third kappa shape index (κ3) is 2.98. The average Bonchev–Trinajstić information content (AvgIpc) is 2.96. The maximum atomic E-state index is 12.5. The third-order valence-electron chi connectivity index (χ3n) is 4.77. The lowest BCUT2D eigenvalue weighted by molar-refractivity contribution is -0.131. The molecule has 1 amide bonds. The molecule has 0 aromatic carbocycles. The molecule has 1 aliphatic carbocycles. The van der Waals surface area contributed by atoms with Gasteiger partial charge in [-0.15, -0.1) is 11.3 Å². The number of ether oxygens (including phenoxy) is 1. The number of hydrogen-bond acceptors (Lipinski definition) is 5. The van der Waals surface area contributed by atoms with Crippen molar-refractivity contribution < 1.29 is 9.53 Å². The van der Waals surface area contributed by atoms with Gasteiger partial charge in [-0.1, -0.05) is 0 Å². The number of amides is 1. The molecule has 1 N–H and O–H groups in total. The zero-order valence-corrected chi connectivity index (χ0v) is 12.8. The minimum absolute atomic E-state index is 0.0758. The fraction of sp³-hybridized carbons (Fsp3) is 0.733. The predicted molar refractivity (Wildman–Crippen MR) is 79.9 cm³/mol. The van der Waals surface area contributed by atoms with Crippen molar-refractivity contribution in [3.63, 3.8) is 0 Å². The van der Waals surface area contributed by atoms with Crippen LogP contribution in [-0.2, 0) is 16.1 Å². The Balaban J connectivity index is 1.46. The Morgan fingerprint density at radius 3 is 3.10 bits per heavy atom. The lowest BCUT2D eigenvalue weighted by atomic mass is 9.82. The molecule has 0 spiro atoms. The molecule has 6 heteroatoms. The monoisotopic (exact) mass is 307 g/mol. The van der Waals surface area contributed by atoms with Gasteiger partial charge in [-0.25, -0.2) is 4.98 Å². The van der Waals surface area contributed by atoms with Crippen molar-refractivity contribution in [2.24, 2.45) is 11.8 Å². The molecule has 1 aromatic rings. The predicted octanol–water partition coefficient (Wildman–Crippen LogP) is 1.26. The van der Waals surface area contributed by atoms with E-state index in [0.29, 0.717) is 12.0 Å². The van der Waals surface area contributed by atoms with E-state index in [1.54, 1.807) is 11.3 Å². The summed E-state index contributed by atoms with van der Waals surface area (Å²) in [5, 5.41) is 6.31. The van der Waals surface area contributed by atoms with Crippen molar-refractivity contribution in [1.82, 2.24) is 15.2 Å². The number of thiazole rings is 1. The van der Waals surface area contributed by atoms with E-state index in [0.717, 1.165) is 50.5 Å². The van der Waals surface area contributed by atoms with Gasteiger partial charge in [0.05, 0.1) is 18.6 Å². The zero-order chi connectivity index (χ0) is 14.2. The molecular formula is C15H21N3O2S. The van der Waals surface area contributed by atoms with Crippen LogP contribution in [-0.4, -0.2) is 47.6 Å². The number of nitrogens with one attached hydrogen (secondary N) is 1. The van der Waals surface area contributed by atoms with Crippen molar-refractivity contribution in [2.75, 3.05) is 19.7 Å². The average molecular weight is 307 g/mol. The first-order valence-corrected chi connectivity index (χ1v) is 8.70. The first kappa shape index (κ1) is 13.7. The van der Waals surface area contributed by atoms with Gasteiger partial charge in [0.15, 0.2) is 0 Å². The summed E-state index contributed by atoms with van der Waals surface area (Å²) in [4.78, 5) is 19.2. The Morgan fingerprint density at radius 1 is 1.43 bits per heavy atom. The highest BCUT2D eigenvalue weighted by molar-refractivity contribution is 7.09. The highest BCUT2D eigenvalue weighted by Crippen LogP contribution is 2.35.